The lowest BCUT2D eigenvalue weighted by Gasteiger charge is -2.01. The monoisotopic (exact) mass is 137 g/mol. The summed E-state index contributed by atoms with van der Waals surface area (Å²) in [5.41, 5.74) is 0. The van der Waals surface area contributed by atoms with Crippen molar-refractivity contribution in [3.8, 4) is 0 Å². The molecular formula is C3H2F3N3+. The SMILES string of the molecule is FC(F)(F)N1C=C[N+]=N1. The minimum Gasteiger partial charge on any atom is -0.127 e. The van der Waals surface area contributed by atoms with Crippen LogP contribution < -0.4 is 5.11 Å². The molecule has 0 atom stereocenters. The topological polar surface area (TPSA) is 29.7 Å². The molecule has 0 fully saturated rings. The molecule has 0 aliphatic carbocycles. The van der Waals surface area contributed by atoms with Crippen LogP contribution in [0.3, 0.4) is 0 Å². The fourth-order valence-electron chi connectivity index (χ4n) is 0.343. The van der Waals surface area contributed by atoms with Crippen molar-refractivity contribution in [1.29, 1.82) is 0 Å². The highest BCUT2D eigenvalue weighted by Crippen LogP contribution is 2.22. The number of halogens is 3. The lowest BCUT2D eigenvalue weighted by Crippen LogP contribution is -2.26. The summed E-state index contributed by atoms with van der Waals surface area (Å²) >= 11 is 0. The highest BCUT2D eigenvalue weighted by atomic mass is 19.4. The highest BCUT2D eigenvalue weighted by molar-refractivity contribution is 4.80. The smallest absolute Gasteiger partial charge is 0.127 e. The zero-order valence-electron chi connectivity index (χ0n) is 4.13. The largest absolute Gasteiger partial charge is 0.587 e. The van der Waals surface area contributed by atoms with Gasteiger partial charge in [0.05, 0.1) is 5.11 Å². The Morgan fingerprint density at radius 2 is 2.11 bits per heavy atom. The zero-order chi connectivity index (χ0) is 6.91. The third-order valence-corrected chi connectivity index (χ3v) is 0.682. The van der Waals surface area contributed by atoms with Gasteiger partial charge in [0.15, 0.2) is 6.20 Å². The number of hydrogen-bond acceptors (Lipinski definition) is 3. The van der Waals surface area contributed by atoms with Gasteiger partial charge in [-0.25, -0.2) is 0 Å². The van der Waals surface area contributed by atoms with Gasteiger partial charge in [-0.2, -0.15) is 0 Å². The maximum absolute atomic E-state index is 11.5. The second-order valence-corrected chi connectivity index (χ2v) is 1.32. The molecule has 0 amide bonds. The summed E-state index contributed by atoms with van der Waals surface area (Å²) in [6.07, 6.45) is -2.73. The molecule has 0 unspecified atom stereocenters. The Hall–Kier alpha value is -1.07. The van der Waals surface area contributed by atoms with E-state index in [0.29, 0.717) is 0 Å². The van der Waals surface area contributed by atoms with E-state index in [1.807, 2.05) is 0 Å². The molecule has 49 valence electrons. The molecule has 1 radical (unpaired) electrons. The van der Waals surface area contributed by atoms with Gasteiger partial charge in [0.2, 0.25) is 6.20 Å². The highest BCUT2D eigenvalue weighted by Gasteiger charge is 2.45. The standard InChI is InChI=1S/C3H2F3N3/c4-3(5,6)9-2-1-7-8-9/h1-2H/q+1. The number of rotatable bonds is 0. The third kappa shape index (κ3) is 1.18. The van der Waals surface area contributed by atoms with Crippen molar-refractivity contribution < 1.29 is 13.2 Å². The van der Waals surface area contributed by atoms with Gasteiger partial charge in [-0.15, -0.1) is 13.2 Å². The van der Waals surface area contributed by atoms with Gasteiger partial charge in [-0.3, -0.25) is 0 Å². The molecule has 9 heavy (non-hydrogen) atoms. The molecule has 1 rings (SSSR count). The van der Waals surface area contributed by atoms with Gasteiger partial charge < -0.3 is 0 Å². The van der Waals surface area contributed by atoms with Crippen molar-refractivity contribution in [3.63, 3.8) is 0 Å². The van der Waals surface area contributed by atoms with Crippen LogP contribution >= 0.6 is 0 Å². The maximum Gasteiger partial charge on any atom is 0.587 e. The molecule has 3 nitrogen and oxygen atoms in total. The van der Waals surface area contributed by atoms with Gasteiger partial charge in [-0.1, -0.05) is 0 Å². The van der Waals surface area contributed by atoms with Crippen molar-refractivity contribution in [2.75, 3.05) is 0 Å². The summed E-state index contributed by atoms with van der Waals surface area (Å²) in [5, 5.41) is 5.54. The first-order valence-electron chi connectivity index (χ1n) is 2.04. The van der Waals surface area contributed by atoms with Crippen LogP contribution in [-0.2, 0) is 0 Å². The van der Waals surface area contributed by atoms with Gasteiger partial charge >= 0.3 is 6.30 Å². The average molecular weight is 137 g/mol. The summed E-state index contributed by atoms with van der Waals surface area (Å²) in [4.78, 5) is 0. The first kappa shape index (κ1) is 6.06. The van der Waals surface area contributed by atoms with Gasteiger partial charge in [-0.05, 0) is 5.01 Å². The third-order valence-electron chi connectivity index (χ3n) is 0.682. The minimum absolute atomic E-state index is 0.174. The normalized spacial score (nSPS) is 17.4. The second-order valence-electron chi connectivity index (χ2n) is 1.32. The molecule has 1 heterocycles. The Balaban J connectivity index is 2.64. The second kappa shape index (κ2) is 1.71. The summed E-state index contributed by atoms with van der Waals surface area (Å²) in [7, 11) is 0. The Labute approximate surface area is 48.4 Å². The molecule has 0 spiro atoms. The van der Waals surface area contributed by atoms with E-state index in [9.17, 15) is 13.2 Å². The van der Waals surface area contributed by atoms with Crippen LogP contribution in [0.4, 0.5) is 13.2 Å². The van der Waals surface area contributed by atoms with Crippen LogP contribution in [0, 0.1) is 0 Å². The molecule has 0 bridgehead atoms. The van der Waals surface area contributed by atoms with Crippen LogP contribution in [0.1, 0.15) is 0 Å². The summed E-state index contributed by atoms with van der Waals surface area (Å²) in [6, 6.07) is 0. The first-order valence-corrected chi connectivity index (χ1v) is 2.04. The van der Waals surface area contributed by atoms with E-state index in [1.54, 1.807) is 0 Å². The van der Waals surface area contributed by atoms with E-state index in [0.717, 1.165) is 12.4 Å². The van der Waals surface area contributed by atoms with E-state index in [-0.39, 0.29) is 5.01 Å². The molecule has 0 saturated carbocycles. The first-order chi connectivity index (χ1) is 4.11. The van der Waals surface area contributed by atoms with E-state index >= 15 is 0 Å². The molecule has 0 N–H and O–H groups in total. The zero-order valence-corrected chi connectivity index (χ0v) is 4.13. The summed E-state index contributed by atoms with van der Waals surface area (Å²) in [6.45, 7) is 0. The minimum atomic E-state index is -4.43. The predicted molar refractivity (Wildman–Crippen MR) is 21.6 cm³/mol. The fraction of sp³-hybridized carbons (Fsp3) is 0.333. The average Bonchev–Trinajstić information content (AvgIpc) is 2.08. The van der Waals surface area contributed by atoms with Crippen LogP contribution in [0.15, 0.2) is 17.6 Å². The van der Waals surface area contributed by atoms with Crippen molar-refractivity contribution >= 4 is 0 Å². The Morgan fingerprint density at radius 1 is 1.44 bits per heavy atom. The number of hydrogen-bond donors (Lipinski definition) is 0. The molecule has 1 aliphatic rings. The van der Waals surface area contributed by atoms with E-state index in [2.05, 4.69) is 10.3 Å². The molecule has 0 aromatic rings. The summed E-state index contributed by atoms with van der Waals surface area (Å²) in [5.74, 6) is 0. The quantitative estimate of drug-likeness (QED) is 0.458. The summed E-state index contributed by atoms with van der Waals surface area (Å²) < 4.78 is 34.4. The van der Waals surface area contributed by atoms with Gasteiger partial charge in [0, 0.05) is 0 Å². The van der Waals surface area contributed by atoms with Crippen LogP contribution in [0.2, 0.25) is 0 Å². The molecule has 6 heteroatoms. The Kier molecular flexibility index (Phi) is 1.15. The lowest BCUT2D eigenvalue weighted by molar-refractivity contribution is -0.228. The van der Waals surface area contributed by atoms with Gasteiger partial charge in [0.25, 0.3) is 0 Å². The van der Waals surface area contributed by atoms with Crippen molar-refractivity contribution in [2.45, 2.75) is 6.30 Å². The van der Waals surface area contributed by atoms with E-state index in [1.165, 1.54) is 0 Å². The Bertz CT molecular complexity index is 146. The molecule has 0 aromatic carbocycles. The van der Waals surface area contributed by atoms with Crippen molar-refractivity contribution in [3.05, 3.63) is 12.4 Å². The van der Waals surface area contributed by atoms with E-state index < -0.39 is 6.30 Å². The molecular weight excluding hydrogens is 135 g/mol. The van der Waals surface area contributed by atoms with Crippen molar-refractivity contribution in [2.24, 2.45) is 5.22 Å². The maximum atomic E-state index is 11.5. The van der Waals surface area contributed by atoms with Crippen LogP contribution in [-0.4, -0.2) is 11.3 Å². The van der Waals surface area contributed by atoms with Gasteiger partial charge in [0.1, 0.15) is 5.22 Å². The van der Waals surface area contributed by atoms with E-state index in [4.69, 9.17) is 0 Å². The molecule has 0 saturated heterocycles. The van der Waals surface area contributed by atoms with Crippen molar-refractivity contribution in [1.82, 2.24) is 10.1 Å². The number of nitrogens with zero attached hydrogens (tertiary/aromatic N) is 3. The fourth-order valence-corrected chi connectivity index (χ4v) is 0.343. The molecule has 1 aliphatic heterocycles. The van der Waals surface area contributed by atoms with Crippen LogP contribution in [0.5, 0.6) is 0 Å². The Morgan fingerprint density at radius 3 is 2.33 bits per heavy atom. The predicted octanol–water partition coefficient (Wildman–Crippen LogP) is 0.996. The lowest BCUT2D eigenvalue weighted by atomic mass is 10.8. The molecule has 0 aromatic heterocycles. The number of alkyl halides is 3. The van der Waals surface area contributed by atoms with Crippen LogP contribution in [0.25, 0.3) is 0 Å².